The van der Waals surface area contributed by atoms with E-state index in [1.807, 2.05) is 0 Å². The van der Waals surface area contributed by atoms with Crippen molar-refractivity contribution in [2.45, 2.75) is 32.6 Å². The Morgan fingerprint density at radius 2 is 2.00 bits per heavy atom. The first-order chi connectivity index (χ1) is 5.68. The third-order valence-corrected chi connectivity index (χ3v) is 1.11. The maximum atomic E-state index is 9.65. The molecule has 0 aliphatic carbocycles. The van der Waals surface area contributed by atoms with E-state index in [2.05, 4.69) is 6.92 Å². The summed E-state index contributed by atoms with van der Waals surface area (Å²) in [6, 6.07) is 0. The Balaban J connectivity index is 0. The monoisotopic (exact) mass is 177 g/mol. The van der Waals surface area contributed by atoms with Crippen LogP contribution in [0.1, 0.15) is 32.6 Å². The van der Waals surface area contributed by atoms with Gasteiger partial charge in [0.25, 0.3) is 0 Å². The first-order valence-electron chi connectivity index (χ1n) is 4.21. The van der Waals surface area contributed by atoms with E-state index < -0.39 is 5.97 Å². The fourth-order valence-corrected chi connectivity index (χ4v) is 0.434. The van der Waals surface area contributed by atoms with Gasteiger partial charge in [-0.2, -0.15) is 0 Å². The molecule has 0 aromatic heterocycles. The zero-order valence-corrected chi connectivity index (χ0v) is 7.62. The fourth-order valence-electron chi connectivity index (χ4n) is 0.434. The molecule has 0 aromatic carbocycles. The summed E-state index contributed by atoms with van der Waals surface area (Å²) in [6.45, 7) is 2.94. The van der Waals surface area contributed by atoms with Gasteiger partial charge < -0.3 is 15.9 Å². The third kappa shape index (κ3) is 22.8. The SMILES string of the molecule is CCCCN.O=C(O)CCCO. The average Bonchev–Trinajstić information content (AvgIpc) is 2.03. The predicted octanol–water partition coefficient (Wildman–Crippen LogP) is 0.589. The Morgan fingerprint density at radius 1 is 1.42 bits per heavy atom. The van der Waals surface area contributed by atoms with Gasteiger partial charge in [0.15, 0.2) is 0 Å². The molecule has 0 bridgehead atoms. The molecule has 0 radical (unpaired) electrons. The fraction of sp³-hybridized carbons (Fsp3) is 0.875. The van der Waals surface area contributed by atoms with Crippen LogP contribution in [0.2, 0.25) is 0 Å². The summed E-state index contributed by atoms with van der Waals surface area (Å²) in [4.78, 5) is 9.65. The van der Waals surface area contributed by atoms with E-state index in [-0.39, 0.29) is 13.0 Å². The number of unbranched alkanes of at least 4 members (excludes halogenated alkanes) is 1. The highest BCUT2D eigenvalue weighted by Crippen LogP contribution is 1.83. The van der Waals surface area contributed by atoms with E-state index in [4.69, 9.17) is 15.9 Å². The van der Waals surface area contributed by atoms with Gasteiger partial charge in [0, 0.05) is 13.0 Å². The van der Waals surface area contributed by atoms with E-state index in [1.165, 1.54) is 12.8 Å². The second-order valence-corrected chi connectivity index (χ2v) is 2.36. The van der Waals surface area contributed by atoms with Crippen molar-refractivity contribution in [1.29, 1.82) is 0 Å². The van der Waals surface area contributed by atoms with Gasteiger partial charge in [-0.25, -0.2) is 0 Å². The van der Waals surface area contributed by atoms with Crippen molar-refractivity contribution in [3.8, 4) is 0 Å². The normalized spacial score (nSPS) is 8.58. The van der Waals surface area contributed by atoms with Gasteiger partial charge in [-0.05, 0) is 19.4 Å². The van der Waals surface area contributed by atoms with Crippen molar-refractivity contribution >= 4 is 5.97 Å². The molecule has 0 fully saturated rings. The molecule has 12 heavy (non-hydrogen) atoms. The first-order valence-corrected chi connectivity index (χ1v) is 4.21. The molecule has 4 nitrogen and oxygen atoms in total. The van der Waals surface area contributed by atoms with Crippen LogP contribution >= 0.6 is 0 Å². The van der Waals surface area contributed by atoms with Gasteiger partial charge in [0.2, 0.25) is 0 Å². The number of carboxylic acids is 1. The van der Waals surface area contributed by atoms with Crippen LogP contribution in [-0.2, 0) is 4.79 Å². The summed E-state index contributed by atoms with van der Waals surface area (Å²) in [7, 11) is 0. The number of aliphatic hydroxyl groups is 1. The summed E-state index contributed by atoms with van der Waals surface area (Å²) in [5.74, 6) is -0.853. The van der Waals surface area contributed by atoms with Gasteiger partial charge in [-0.1, -0.05) is 13.3 Å². The van der Waals surface area contributed by atoms with Crippen LogP contribution in [0, 0.1) is 0 Å². The molecule has 4 N–H and O–H groups in total. The van der Waals surface area contributed by atoms with Crippen LogP contribution < -0.4 is 5.73 Å². The highest BCUT2D eigenvalue weighted by molar-refractivity contribution is 5.66. The van der Waals surface area contributed by atoms with Gasteiger partial charge in [0.05, 0.1) is 0 Å². The largest absolute Gasteiger partial charge is 0.481 e. The van der Waals surface area contributed by atoms with E-state index in [0.29, 0.717) is 6.42 Å². The minimum atomic E-state index is -0.853. The number of hydrogen-bond donors (Lipinski definition) is 3. The van der Waals surface area contributed by atoms with E-state index >= 15 is 0 Å². The summed E-state index contributed by atoms with van der Waals surface area (Å²) in [5.41, 5.74) is 5.14. The molecule has 0 amide bonds. The Morgan fingerprint density at radius 3 is 2.08 bits per heavy atom. The second kappa shape index (κ2) is 13.0. The lowest BCUT2D eigenvalue weighted by atomic mass is 10.3. The molecule has 0 rings (SSSR count). The standard InChI is InChI=1S/C4H11N.C4H8O3/c1-2-3-4-5;5-3-1-2-4(6)7/h2-5H2,1H3;5H,1-3H2,(H,6,7). The predicted molar refractivity (Wildman–Crippen MR) is 47.9 cm³/mol. The van der Waals surface area contributed by atoms with Crippen LogP contribution in [0.15, 0.2) is 0 Å². The van der Waals surface area contributed by atoms with Crippen molar-refractivity contribution in [3.05, 3.63) is 0 Å². The maximum absolute atomic E-state index is 9.65. The highest BCUT2D eigenvalue weighted by Gasteiger charge is 1.91. The topological polar surface area (TPSA) is 83.6 Å². The van der Waals surface area contributed by atoms with Crippen molar-refractivity contribution in [2.75, 3.05) is 13.2 Å². The Labute approximate surface area is 73.4 Å². The van der Waals surface area contributed by atoms with Gasteiger partial charge >= 0.3 is 5.97 Å². The van der Waals surface area contributed by atoms with Crippen molar-refractivity contribution in [2.24, 2.45) is 5.73 Å². The van der Waals surface area contributed by atoms with Crippen LogP contribution in [0.4, 0.5) is 0 Å². The van der Waals surface area contributed by atoms with E-state index in [1.54, 1.807) is 0 Å². The van der Waals surface area contributed by atoms with E-state index in [0.717, 1.165) is 6.54 Å². The molecule has 0 saturated carbocycles. The molecule has 0 heterocycles. The number of nitrogens with two attached hydrogens (primary N) is 1. The Bertz CT molecular complexity index is 94.3. The van der Waals surface area contributed by atoms with Gasteiger partial charge in [-0.3, -0.25) is 4.79 Å². The molecule has 0 atom stereocenters. The molecule has 0 unspecified atom stereocenters. The van der Waals surface area contributed by atoms with Crippen molar-refractivity contribution < 1.29 is 15.0 Å². The number of aliphatic hydroxyl groups excluding tert-OH is 1. The molecule has 0 aliphatic rings. The first kappa shape index (κ1) is 13.9. The maximum Gasteiger partial charge on any atom is 0.303 e. The lowest BCUT2D eigenvalue weighted by molar-refractivity contribution is -0.137. The summed E-state index contributed by atoms with van der Waals surface area (Å²) in [5, 5.41) is 16.0. The van der Waals surface area contributed by atoms with Gasteiger partial charge in [0.1, 0.15) is 0 Å². The average molecular weight is 177 g/mol. The number of carboxylic acid groups (broad SMARTS) is 1. The Kier molecular flexibility index (Phi) is 15.1. The molecule has 0 saturated heterocycles. The smallest absolute Gasteiger partial charge is 0.303 e. The molecular formula is C8H19NO3. The molecule has 4 heteroatoms. The summed E-state index contributed by atoms with van der Waals surface area (Å²) < 4.78 is 0. The summed E-state index contributed by atoms with van der Waals surface area (Å²) in [6.07, 6.45) is 2.81. The lowest BCUT2D eigenvalue weighted by Crippen LogP contribution is -1.95. The Hall–Kier alpha value is -0.610. The lowest BCUT2D eigenvalue weighted by Gasteiger charge is -1.85. The number of aliphatic carboxylic acids is 1. The number of hydrogen-bond acceptors (Lipinski definition) is 3. The van der Waals surface area contributed by atoms with Crippen LogP contribution in [0.25, 0.3) is 0 Å². The van der Waals surface area contributed by atoms with Gasteiger partial charge in [-0.15, -0.1) is 0 Å². The summed E-state index contributed by atoms with van der Waals surface area (Å²) >= 11 is 0. The quantitative estimate of drug-likeness (QED) is 0.574. The molecule has 0 aromatic rings. The zero-order chi connectivity index (χ0) is 9.82. The minimum absolute atomic E-state index is 0.0354. The number of carbonyl (C=O) groups is 1. The number of rotatable bonds is 5. The minimum Gasteiger partial charge on any atom is -0.481 e. The molecular weight excluding hydrogens is 158 g/mol. The molecule has 0 aliphatic heterocycles. The van der Waals surface area contributed by atoms with E-state index in [9.17, 15) is 4.79 Å². The van der Waals surface area contributed by atoms with Crippen molar-refractivity contribution in [1.82, 2.24) is 0 Å². The second-order valence-electron chi connectivity index (χ2n) is 2.36. The zero-order valence-electron chi connectivity index (χ0n) is 7.62. The van der Waals surface area contributed by atoms with Crippen LogP contribution in [0.5, 0.6) is 0 Å². The molecule has 0 spiro atoms. The third-order valence-electron chi connectivity index (χ3n) is 1.11. The van der Waals surface area contributed by atoms with Crippen LogP contribution in [-0.4, -0.2) is 29.3 Å². The molecule has 74 valence electrons. The van der Waals surface area contributed by atoms with Crippen LogP contribution in [0.3, 0.4) is 0 Å². The highest BCUT2D eigenvalue weighted by atomic mass is 16.4. The van der Waals surface area contributed by atoms with Crippen molar-refractivity contribution in [3.63, 3.8) is 0 Å².